The summed E-state index contributed by atoms with van der Waals surface area (Å²) in [6.07, 6.45) is 0.857. The average Bonchev–Trinajstić information content (AvgIpc) is 3.22. The lowest BCUT2D eigenvalue weighted by Crippen LogP contribution is -2.38. The molecule has 1 aliphatic rings. The standard InChI is InChI=1S/C26H29FN6O3/c1-31-24-23(22(30-31)19-4-2-5-21(34)16-19)28-26(29-25(24)35)33(17-18-6-8-20(27)9-7-18)11-3-10-32-12-14-36-15-13-32/h2,4-9,16,34H,3,10-15,17H2,1H3,(H,28,29,35). The van der Waals surface area contributed by atoms with Gasteiger partial charge in [0.1, 0.15) is 22.8 Å². The van der Waals surface area contributed by atoms with Crippen molar-refractivity contribution in [3.05, 3.63) is 70.3 Å². The number of benzene rings is 2. The number of aromatic hydroxyl groups is 1. The van der Waals surface area contributed by atoms with Crippen molar-refractivity contribution in [1.29, 1.82) is 0 Å². The lowest BCUT2D eigenvalue weighted by atomic mass is 10.1. The summed E-state index contributed by atoms with van der Waals surface area (Å²) in [6, 6.07) is 13.1. The number of ether oxygens (including phenoxy) is 1. The van der Waals surface area contributed by atoms with E-state index < -0.39 is 0 Å². The van der Waals surface area contributed by atoms with Crippen LogP contribution in [-0.4, -0.2) is 69.1 Å². The van der Waals surface area contributed by atoms with Crippen LogP contribution in [0, 0.1) is 5.82 Å². The summed E-state index contributed by atoms with van der Waals surface area (Å²) in [5.74, 6) is 0.238. The molecule has 1 aliphatic heterocycles. The second kappa shape index (κ2) is 10.5. The fourth-order valence-electron chi connectivity index (χ4n) is 4.55. The van der Waals surface area contributed by atoms with Gasteiger partial charge in [-0.15, -0.1) is 0 Å². The molecule has 0 aliphatic carbocycles. The van der Waals surface area contributed by atoms with Crippen molar-refractivity contribution in [2.24, 2.45) is 7.05 Å². The number of aryl methyl sites for hydroxylation is 1. The molecule has 188 valence electrons. The van der Waals surface area contributed by atoms with Crippen LogP contribution in [0.4, 0.5) is 10.3 Å². The van der Waals surface area contributed by atoms with Gasteiger partial charge in [-0.05, 0) is 36.2 Å². The number of morpholine rings is 1. The molecule has 0 spiro atoms. The minimum Gasteiger partial charge on any atom is -0.508 e. The number of aromatic nitrogens is 4. The van der Waals surface area contributed by atoms with Crippen LogP contribution in [0.15, 0.2) is 53.3 Å². The van der Waals surface area contributed by atoms with Crippen molar-refractivity contribution in [2.45, 2.75) is 13.0 Å². The molecular weight excluding hydrogens is 463 g/mol. The topological polar surface area (TPSA) is 99.5 Å². The minimum absolute atomic E-state index is 0.109. The first kappa shape index (κ1) is 24.0. The van der Waals surface area contributed by atoms with Crippen LogP contribution in [0.1, 0.15) is 12.0 Å². The Bertz CT molecular complexity index is 1400. The van der Waals surface area contributed by atoms with E-state index in [0.717, 1.165) is 44.8 Å². The molecule has 10 heteroatoms. The zero-order valence-corrected chi connectivity index (χ0v) is 20.2. The Kier molecular flexibility index (Phi) is 6.97. The monoisotopic (exact) mass is 492 g/mol. The summed E-state index contributed by atoms with van der Waals surface area (Å²) < 4.78 is 20.5. The van der Waals surface area contributed by atoms with Gasteiger partial charge in [-0.1, -0.05) is 24.3 Å². The number of nitrogens with one attached hydrogen (secondary N) is 1. The van der Waals surface area contributed by atoms with Gasteiger partial charge in [-0.25, -0.2) is 9.37 Å². The highest BCUT2D eigenvalue weighted by Gasteiger charge is 2.20. The van der Waals surface area contributed by atoms with Crippen LogP contribution in [-0.2, 0) is 18.3 Å². The van der Waals surface area contributed by atoms with E-state index in [2.05, 4.69) is 15.0 Å². The number of hydrogen-bond donors (Lipinski definition) is 2. The Hall–Kier alpha value is -3.76. The van der Waals surface area contributed by atoms with Gasteiger partial charge in [0.25, 0.3) is 5.56 Å². The molecule has 36 heavy (non-hydrogen) atoms. The Morgan fingerprint density at radius 3 is 2.69 bits per heavy atom. The van der Waals surface area contributed by atoms with Gasteiger partial charge in [0, 0.05) is 45.3 Å². The van der Waals surface area contributed by atoms with Crippen LogP contribution < -0.4 is 10.5 Å². The molecular formula is C26H29FN6O3. The quantitative estimate of drug-likeness (QED) is 0.390. The highest BCUT2D eigenvalue weighted by molar-refractivity contribution is 5.90. The number of phenols is 1. The van der Waals surface area contributed by atoms with E-state index in [0.29, 0.717) is 41.3 Å². The molecule has 0 saturated carbocycles. The minimum atomic E-state index is -0.298. The Morgan fingerprint density at radius 2 is 1.94 bits per heavy atom. The zero-order valence-electron chi connectivity index (χ0n) is 20.2. The van der Waals surface area contributed by atoms with Gasteiger partial charge in [0.05, 0.1) is 13.2 Å². The number of hydrogen-bond acceptors (Lipinski definition) is 7. The molecule has 0 unspecified atom stereocenters. The summed E-state index contributed by atoms with van der Waals surface area (Å²) >= 11 is 0. The second-order valence-corrected chi connectivity index (χ2v) is 8.96. The molecule has 4 aromatic rings. The van der Waals surface area contributed by atoms with E-state index in [4.69, 9.17) is 9.72 Å². The Morgan fingerprint density at radius 1 is 1.17 bits per heavy atom. The van der Waals surface area contributed by atoms with E-state index in [1.54, 1.807) is 37.4 Å². The maximum atomic E-state index is 13.5. The third-order valence-corrected chi connectivity index (χ3v) is 6.39. The molecule has 1 saturated heterocycles. The first-order valence-electron chi connectivity index (χ1n) is 12.0. The van der Waals surface area contributed by atoms with E-state index in [1.807, 2.05) is 11.0 Å². The molecule has 2 N–H and O–H groups in total. The van der Waals surface area contributed by atoms with Gasteiger partial charge in [-0.3, -0.25) is 19.4 Å². The predicted molar refractivity (Wildman–Crippen MR) is 136 cm³/mol. The van der Waals surface area contributed by atoms with E-state index in [1.165, 1.54) is 16.8 Å². The first-order chi connectivity index (χ1) is 17.5. The summed E-state index contributed by atoms with van der Waals surface area (Å²) in [5.41, 5.74) is 2.61. The van der Waals surface area contributed by atoms with Crippen molar-refractivity contribution in [2.75, 3.05) is 44.3 Å². The molecule has 5 rings (SSSR count). The third kappa shape index (κ3) is 5.24. The molecule has 0 atom stereocenters. The lowest BCUT2D eigenvalue weighted by molar-refractivity contribution is 0.0376. The number of phenolic OH excluding ortho intramolecular Hbond substituents is 1. The highest BCUT2D eigenvalue weighted by atomic mass is 19.1. The fraction of sp³-hybridized carbons (Fsp3) is 0.346. The number of anilines is 1. The van der Waals surface area contributed by atoms with Gasteiger partial charge in [0.2, 0.25) is 5.95 Å². The zero-order chi connectivity index (χ0) is 25.1. The van der Waals surface area contributed by atoms with Gasteiger partial charge >= 0.3 is 0 Å². The maximum absolute atomic E-state index is 13.5. The number of nitrogens with zero attached hydrogens (tertiary/aromatic N) is 5. The Balaban J connectivity index is 1.49. The van der Waals surface area contributed by atoms with Crippen LogP contribution in [0.3, 0.4) is 0 Å². The SMILES string of the molecule is Cn1nc(-c2cccc(O)c2)c2nc(N(CCCN3CCOCC3)Cc3ccc(F)cc3)[nH]c(=O)c21. The number of halogens is 1. The number of aromatic amines is 1. The number of rotatable bonds is 8. The third-order valence-electron chi connectivity index (χ3n) is 6.39. The van der Waals surface area contributed by atoms with Crippen molar-refractivity contribution < 1.29 is 14.2 Å². The van der Waals surface area contributed by atoms with Crippen molar-refractivity contribution in [3.8, 4) is 17.0 Å². The largest absolute Gasteiger partial charge is 0.508 e. The summed E-state index contributed by atoms with van der Waals surface area (Å²) in [5, 5.41) is 14.5. The van der Waals surface area contributed by atoms with Gasteiger partial charge in [0.15, 0.2) is 5.52 Å². The molecule has 9 nitrogen and oxygen atoms in total. The lowest BCUT2D eigenvalue weighted by Gasteiger charge is -2.28. The molecule has 0 amide bonds. The van der Waals surface area contributed by atoms with Gasteiger partial charge in [-0.2, -0.15) is 5.10 Å². The van der Waals surface area contributed by atoms with Crippen molar-refractivity contribution >= 4 is 17.0 Å². The number of fused-ring (bicyclic) bond motifs is 1. The predicted octanol–water partition coefficient (Wildman–Crippen LogP) is 2.90. The molecule has 0 bridgehead atoms. The molecule has 2 aromatic heterocycles. The van der Waals surface area contributed by atoms with Crippen molar-refractivity contribution in [3.63, 3.8) is 0 Å². The second-order valence-electron chi connectivity index (χ2n) is 8.96. The highest BCUT2D eigenvalue weighted by Crippen LogP contribution is 2.28. The Labute approximate surface area is 207 Å². The van der Waals surface area contributed by atoms with Crippen LogP contribution >= 0.6 is 0 Å². The number of H-pyrrole nitrogens is 1. The van der Waals surface area contributed by atoms with Crippen LogP contribution in [0.25, 0.3) is 22.3 Å². The molecule has 3 heterocycles. The summed E-state index contributed by atoms with van der Waals surface area (Å²) in [7, 11) is 1.70. The molecule has 0 radical (unpaired) electrons. The van der Waals surface area contributed by atoms with Gasteiger partial charge < -0.3 is 14.7 Å². The van der Waals surface area contributed by atoms with Crippen LogP contribution in [0.2, 0.25) is 0 Å². The average molecular weight is 493 g/mol. The van der Waals surface area contributed by atoms with Crippen LogP contribution in [0.5, 0.6) is 5.75 Å². The maximum Gasteiger partial charge on any atom is 0.278 e. The van der Waals surface area contributed by atoms with Crippen molar-refractivity contribution in [1.82, 2.24) is 24.6 Å². The summed E-state index contributed by atoms with van der Waals surface area (Å²) in [6.45, 7) is 5.29. The van der Waals surface area contributed by atoms with E-state index in [9.17, 15) is 14.3 Å². The smallest absolute Gasteiger partial charge is 0.278 e. The van der Waals surface area contributed by atoms with E-state index >= 15 is 0 Å². The summed E-state index contributed by atoms with van der Waals surface area (Å²) in [4.78, 5) is 25.3. The molecule has 2 aromatic carbocycles. The fourth-order valence-corrected chi connectivity index (χ4v) is 4.55. The first-order valence-corrected chi connectivity index (χ1v) is 12.0. The normalized spacial score (nSPS) is 14.4. The molecule has 1 fully saturated rings. The van der Waals surface area contributed by atoms with E-state index in [-0.39, 0.29) is 17.1 Å².